The monoisotopic (exact) mass is 253 g/mol. The second kappa shape index (κ2) is 7.46. The van der Waals surface area contributed by atoms with Crippen LogP contribution in [-0.4, -0.2) is 61.2 Å². The first-order valence-electron chi connectivity index (χ1n) is 8.00. The van der Waals surface area contributed by atoms with E-state index < -0.39 is 0 Å². The number of rotatable bonds is 8. The summed E-state index contributed by atoms with van der Waals surface area (Å²) in [5.41, 5.74) is 0. The van der Waals surface area contributed by atoms with Crippen molar-refractivity contribution in [3.05, 3.63) is 0 Å². The molecule has 1 unspecified atom stereocenters. The minimum atomic E-state index is 0.702. The van der Waals surface area contributed by atoms with Crippen molar-refractivity contribution in [2.24, 2.45) is 0 Å². The molecule has 3 heteroatoms. The Bertz CT molecular complexity index is 220. The van der Waals surface area contributed by atoms with Crippen molar-refractivity contribution < 1.29 is 0 Å². The zero-order valence-corrected chi connectivity index (χ0v) is 12.3. The van der Waals surface area contributed by atoms with E-state index in [-0.39, 0.29) is 0 Å². The van der Waals surface area contributed by atoms with E-state index in [1.54, 1.807) is 0 Å². The van der Waals surface area contributed by atoms with Crippen molar-refractivity contribution >= 4 is 0 Å². The highest BCUT2D eigenvalue weighted by atomic mass is 15.3. The van der Waals surface area contributed by atoms with E-state index in [0.29, 0.717) is 6.04 Å². The summed E-state index contributed by atoms with van der Waals surface area (Å²) in [6.07, 6.45) is 6.92. The molecule has 1 saturated heterocycles. The number of piperazine rings is 1. The minimum absolute atomic E-state index is 0.702. The number of unbranched alkanes of at least 4 members (excludes halogenated alkanes) is 2. The summed E-state index contributed by atoms with van der Waals surface area (Å²) in [4.78, 5) is 5.35. The van der Waals surface area contributed by atoms with E-state index in [0.717, 1.165) is 12.6 Å². The maximum atomic E-state index is 3.61. The summed E-state index contributed by atoms with van der Waals surface area (Å²) in [7, 11) is 0. The summed E-state index contributed by atoms with van der Waals surface area (Å²) in [6, 6.07) is 1.66. The van der Waals surface area contributed by atoms with Crippen LogP contribution in [0.25, 0.3) is 0 Å². The molecule has 0 bridgehead atoms. The van der Waals surface area contributed by atoms with Crippen molar-refractivity contribution in [1.82, 2.24) is 15.1 Å². The van der Waals surface area contributed by atoms with Crippen molar-refractivity contribution in [2.75, 3.05) is 39.3 Å². The van der Waals surface area contributed by atoms with Gasteiger partial charge in [-0.15, -0.1) is 0 Å². The Morgan fingerprint density at radius 3 is 2.44 bits per heavy atom. The maximum Gasteiger partial charge on any atom is 0.0193 e. The second-order valence-corrected chi connectivity index (χ2v) is 6.06. The van der Waals surface area contributed by atoms with Crippen molar-refractivity contribution in [3.63, 3.8) is 0 Å². The number of hydrogen-bond acceptors (Lipinski definition) is 3. The van der Waals surface area contributed by atoms with Gasteiger partial charge in [-0.3, -0.25) is 9.80 Å². The molecule has 1 atom stereocenters. The highest BCUT2D eigenvalue weighted by Crippen LogP contribution is 2.27. The molecule has 18 heavy (non-hydrogen) atoms. The van der Waals surface area contributed by atoms with E-state index in [4.69, 9.17) is 0 Å². The molecule has 1 heterocycles. The SMILES string of the molecule is CCCCCNCC(C)N1CCN(C2CC2)CC1. The molecule has 0 radical (unpaired) electrons. The Morgan fingerprint density at radius 2 is 1.83 bits per heavy atom. The van der Waals surface area contributed by atoms with Crippen LogP contribution >= 0.6 is 0 Å². The normalized spacial score (nSPS) is 24.3. The lowest BCUT2D eigenvalue weighted by molar-refractivity contribution is 0.0969. The fourth-order valence-electron chi connectivity index (χ4n) is 2.92. The third-order valence-corrected chi connectivity index (χ3v) is 4.43. The van der Waals surface area contributed by atoms with E-state index in [1.807, 2.05) is 0 Å². The van der Waals surface area contributed by atoms with Crippen molar-refractivity contribution in [2.45, 2.75) is 58.0 Å². The fraction of sp³-hybridized carbons (Fsp3) is 1.00. The molecule has 1 saturated carbocycles. The van der Waals surface area contributed by atoms with Crippen molar-refractivity contribution in [3.8, 4) is 0 Å². The lowest BCUT2D eigenvalue weighted by Crippen LogP contribution is -2.52. The predicted octanol–water partition coefficient (Wildman–Crippen LogP) is 1.93. The van der Waals surface area contributed by atoms with E-state index in [2.05, 4.69) is 29.0 Å². The van der Waals surface area contributed by atoms with Crippen LogP contribution in [0.5, 0.6) is 0 Å². The van der Waals surface area contributed by atoms with Crippen molar-refractivity contribution in [1.29, 1.82) is 0 Å². The molecule has 1 aliphatic heterocycles. The fourth-order valence-corrected chi connectivity index (χ4v) is 2.92. The van der Waals surface area contributed by atoms with Gasteiger partial charge < -0.3 is 5.32 Å². The second-order valence-electron chi connectivity index (χ2n) is 6.06. The minimum Gasteiger partial charge on any atom is -0.315 e. The number of nitrogens with zero attached hydrogens (tertiary/aromatic N) is 2. The molecule has 106 valence electrons. The average Bonchev–Trinajstić information content (AvgIpc) is 3.23. The first-order valence-corrected chi connectivity index (χ1v) is 8.00. The van der Waals surface area contributed by atoms with Crippen LogP contribution in [-0.2, 0) is 0 Å². The quantitative estimate of drug-likeness (QED) is 0.667. The van der Waals surface area contributed by atoms with Gasteiger partial charge in [-0.1, -0.05) is 19.8 Å². The molecule has 0 spiro atoms. The van der Waals surface area contributed by atoms with Gasteiger partial charge in [-0.05, 0) is 32.7 Å². The van der Waals surface area contributed by atoms with E-state index >= 15 is 0 Å². The average molecular weight is 253 g/mol. The van der Waals surface area contributed by atoms with Crippen LogP contribution in [0.2, 0.25) is 0 Å². The first kappa shape index (κ1) is 14.3. The molecule has 0 amide bonds. The Balaban J connectivity index is 1.54. The van der Waals surface area contributed by atoms with E-state index in [9.17, 15) is 0 Å². The van der Waals surface area contributed by atoms with Crippen LogP contribution < -0.4 is 5.32 Å². The first-order chi connectivity index (χ1) is 8.81. The Labute approximate surface area is 113 Å². The van der Waals surface area contributed by atoms with Gasteiger partial charge in [0.05, 0.1) is 0 Å². The van der Waals surface area contributed by atoms with Crippen LogP contribution in [0.3, 0.4) is 0 Å². The third kappa shape index (κ3) is 4.52. The molecule has 2 aliphatic rings. The topological polar surface area (TPSA) is 18.5 Å². The van der Waals surface area contributed by atoms with Crippen LogP contribution in [0, 0.1) is 0 Å². The van der Waals surface area contributed by atoms with Gasteiger partial charge in [-0.25, -0.2) is 0 Å². The Morgan fingerprint density at radius 1 is 1.11 bits per heavy atom. The zero-order valence-electron chi connectivity index (χ0n) is 12.3. The largest absolute Gasteiger partial charge is 0.315 e. The van der Waals surface area contributed by atoms with E-state index in [1.165, 1.54) is 64.8 Å². The molecule has 0 aromatic rings. The van der Waals surface area contributed by atoms with Crippen LogP contribution in [0.15, 0.2) is 0 Å². The summed E-state index contributed by atoms with van der Waals surface area (Å²) in [6.45, 7) is 12.1. The Kier molecular flexibility index (Phi) is 5.93. The summed E-state index contributed by atoms with van der Waals surface area (Å²) in [5.74, 6) is 0. The molecule has 2 fully saturated rings. The summed E-state index contributed by atoms with van der Waals surface area (Å²) in [5, 5.41) is 3.61. The standard InChI is InChI=1S/C15H31N3/c1-3-4-5-8-16-13-14(2)17-9-11-18(12-10-17)15-6-7-15/h14-16H,3-13H2,1-2H3. The van der Waals surface area contributed by atoms with Gasteiger partial charge in [0, 0.05) is 44.8 Å². The van der Waals surface area contributed by atoms with Gasteiger partial charge >= 0.3 is 0 Å². The zero-order chi connectivity index (χ0) is 12.8. The third-order valence-electron chi connectivity index (χ3n) is 4.43. The molecule has 2 rings (SSSR count). The van der Waals surface area contributed by atoms with Gasteiger partial charge in [0.2, 0.25) is 0 Å². The molecule has 1 aliphatic carbocycles. The lowest BCUT2D eigenvalue weighted by atomic mass is 10.2. The molecular formula is C15H31N3. The maximum absolute atomic E-state index is 3.61. The van der Waals surface area contributed by atoms with Gasteiger partial charge in [-0.2, -0.15) is 0 Å². The van der Waals surface area contributed by atoms with Crippen LogP contribution in [0.4, 0.5) is 0 Å². The van der Waals surface area contributed by atoms with Gasteiger partial charge in [0.25, 0.3) is 0 Å². The van der Waals surface area contributed by atoms with Crippen LogP contribution in [0.1, 0.15) is 46.0 Å². The number of nitrogens with one attached hydrogen (secondary N) is 1. The predicted molar refractivity (Wildman–Crippen MR) is 78.0 cm³/mol. The van der Waals surface area contributed by atoms with Gasteiger partial charge in [0.15, 0.2) is 0 Å². The van der Waals surface area contributed by atoms with Gasteiger partial charge in [0.1, 0.15) is 0 Å². The highest BCUT2D eigenvalue weighted by molar-refractivity contribution is 4.88. The molecule has 1 N–H and O–H groups in total. The lowest BCUT2D eigenvalue weighted by Gasteiger charge is -2.38. The smallest absolute Gasteiger partial charge is 0.0193 e. The molecular weight excluding hydrogens is 222 g/mol. The molecule has 0 aromatic heterocycles. The molecule has 3 nitrogen and oxygen atoms in total. The highest BCUT2D eigenvalue weighted by Gasteiger charge is 2.31. The summed E-state index contributed by atoms with van der Waals surface area (Å²) >= 11 is 0. The summed E-state index contributed by atoms with van der Waals surface area (Å²) < 4.78 is 0. The number of hydrogen-bond donors (Lipinski definition) is 1. The Hall–Kier alpha value is -0.120. The molecule has 0 aromatic carbocycles.